The quantitative estimate of drug-likeness (QED) is 0.200. The van der Waals surface area contributed by atoms with Gasteiger partial charge in [0.25, 0.3) is 0 Å². The molecule has 0 aliphatic carbocycles. The van der Waals surface area contributed by atoms with Gasteiger partial charge in [-0.25, -0.2) is 37.9 Å². The van der Waals surface area contributed by atoms with E-state index in [1.165, 1.54) is 34.1 Å². The Kier molecular flexibility index (Phi) is 7.27. The molecule has 3 aliphatic heterocycles. The van der Waals surface area contributed by atoms with Crippen LogP contribution < -0.4 is 16.2 Å². The van der Waals surface area contributed by atoms with Gasteiger partial charge >= 0.3 is 17.0 Å². The number of pyridine rings is 1. The van der Waals surface area contributed by atoms with Gasteiger partial charge in [-0.2, -0.15) is 13.1 Å². The third-order valence-corrected chi connectivity index (χ3v) is 9.87. The molecule has 3 fully saturated rings. The normalized spacial score (nSPS) is 36.1. The van der Waals surface area contributed by atoms with E-state index in [1.807, 2.05) is 0 Å². The summed E-state index contributed by atoms with van der Waals surface area (Å²) in [6.45, 7) is -5.59. The second kappa shape index (κ2) is 10.8. The van der Waals surface area contributed by atoms with Gasteiger partial charge in [-0.15, -0.1) is 0 Å². The van der Waals surface area contributed by atoms with Crippen LogP contribution in [0.1, 0.15) is 12.5 Å². The average Bonchev–Trinajstić information content (AvgIpc) is 3.73. The zero-order valence-electron chi connectivity index (χ0n) is 22.0. The molecule has 236 valence electrons. The predicted molar refractivity (Wildman–Crippen MR) is 148 cm³/mol. The summed E-state index contributed by atoms with van der Waals surface area (Å²) < 4.78 is 90.1. The summed E-state index contributed by atoms with van der Waals surface area (Å²) in [5, 5.41) is 0. The molecule has 9 unspecified atom stereocenters. The lowest BCUT2D eigenvalue weighted by atomic mass is 10.1. The molecule has 0 radical (unpaired) electrons. The third-order valence-electron chi connectivity index (χ3n) is 7.32. The van der Waals surface area contributed by atoms with Gasteiger partial charge in [0.15, 0.2) is 41.9 Å². The van der Waals surface area contributed by atoms with Crippen LogP contribution in [0.25, 0.3) is 22.3 Å². The molecule has 23 heteroatoms. The van der Waals surface area contributed by atoms with Crippen molar-refractivity contribution < 1.29 is 44.8 Å². The second-order valence-electron chi connectivity index (χ2n) is 10.0. The molecule has 7 rings (SSSR count). The van der Waals surface area contributed by atoms with Crippen molar-refractivity contribution in [3.8, 4) is 0 Å². The molecular formula is C21H23F2N10O8PS2. The average molecular weight is 677 g/mol. The Bertz CT molecular complexity index is 1900. The number of nitrogens with two attached hydrogens (primary N) is 2. The molecule has 0 aromatic carbocycles. The summed E-state index contributed by atoms with van der Waals surface area (Å²) in [4.78, 5) is 31.2. The third kappa shape index (κ3) is 5.09. The van der Waals surface area contributed by atoms with Crippen LogP contribution >= 0.6 is 6.72 Å². The number of ether oxygens (including phenoxy) is 2. The van der Waals surface area contributed by atoms with Crippen LogP contribution in [0, 0.1) is 0 Å². The summed E-state index contributed by atoms with van der Waals surface area (Å²) in [6.07, 6.45) is -8.34. The summed E-state index contributed by atoms with van der Waals surface area (Å²) in [6, 6.07) is 1.50. The molecule has 18 nitrogen and oxygen atoms in total. The Labute approximate surface area is 251 Å². The molecule has 4 aromatic rings. The molecule has 0 saturated carbocycles. The highest BCUT2D eigenvalue weighted by atomic mass is 32.5. The summed E-state index contributed by atoms with van der Waals surface area (Å²) in [5.41, 5.74) is 12.8. The van der Waals surface area contributed by atoms with E-state index < -0.39 is 79.4 Å². The number of rotatable bonds is 2. The van der Waals surface area contributed by atoms with Crippen LogP contribution in [0.4, 0.5) is 20.3 Å². The molecule has 0 amide bonds. The van der Waals surface area contributed by atoms with E-state index in [-0.39, 0.29) is 33.8 Å². The Hall–Kier alpha value is -3.05. The topological polar surface area (TPSA) is 239 Å². The molecule has 0 spiro atoms. The minimum atomic E-state index is -4.72. The van der Waals surface area contributed by atoms with E-state index in [2.05, 4.69) is 29.6 Å². The molecule has 4 aromatic heterocycles. The molecule has 0 bridgehead atoms. The number of aromatic nitrogens is 7. The Morgan fingerprint density at radius 2 is 1.64 bits per heavy atom. The Balaban J connectivity index is 1.17. The standard InChI is InChI=1S/C21H23F2N10O8PS2/c22-11-15-9(38-20(11)33-7-30-14-17(25)27-5-28-19(14)33)3-31-44(35,36)41-16-10(4-37-42(34,43)40-15)39-21(12(16)23)32-6-29-13-8(24)1-2-26-18(13)32/h1-2,5-7,9-12,15-16,20-21,31H,3-4H2,(H2,24,26)(H,34,43)(H2,25,27,28). The minimum absolute atomic E-state index is 0.0388. The van der Waals surface area contributed by atoms with Gasteiger partial charge in [0.1, 0.15) is 41.8 Å². The number of anilines is 2. The Morgan fingerprint density at radius 3 is 2.39 bits per heavy atom. The van der Waals surface area contributed by atoms with Crippen LogP contribution in [0.3, 0.4) is 0 Å². The number of imidazole rings is 2. The van der Waals surface area contributed by atoms with Gasteiger partial charge in [-0.05, 0) is 17.9 Å². The van der Waals surface area contributed by atoms with Crippen LogP contribution in [0.2, 0.25) is 0 Å². The first-order valence-corrected chi connectivity index (χ1v) is 16.8. The van der Waals surface area contributed by atoms with Crippen molar-refractivity contribution in [2.24, 2.45) is 0 Å². The maximum absolute atomic E-state index is 15.9. The lowest BCUT2D eigenvalue weighted by Gasteiger charge is -2.27. The zero-order valence-corrected chi connectivity index (χ0v) is 24.6. The molecule has 7 heterocycles. The smallest absolute Gasteiger partial charge is 0.336 e. The zero-order chi connectivity index (χ0) is 31.0. The molecule has 6 N–H and O–H groups in total. The van der Waals surface area contributed by atoms with Gasteiger partial charge in [0, 0.05) is 12.7 Å². The Morgan fingerprint density at radius 1 is 0.977 bits per heavy atom. The van der Waals surface area contributed by atoms with Gasteiger partial charge in [-0.3, -0.25) is 13.7 Å². The van der Waals surface area contributed by atoms with Crippen molar-refractivity contribution in [2.75, 3.05) is 24.6 Å². The lowest BCUT2D eigenvalue weighted by molar-refractivity contribution is -0.0454. The number of hydrogen-bond acceptors (Lipinski definition) is 15. The van der Waals surface area contributed by atoms with E-state index >= 15 is 8.78 Å². The number of alkyl halides is 2. The van der Waals surface area contributed by atoms with Gasteiger partial charge < -0.3 is 30.4 Å². The van der Waals surface area contributed by atoms with Crippen molar-refractivity contribution >= 4 is 62.7 Å². The maximum Gasteiger partial charge on any atom is 0.336 e. The summed E-state index contributed by atoms with van der Waals surface area (Å²) in [7, 11) is -4.72. The fourth-order valence-corrected chi connectivity index (χ4v) is 7.68. The SMILES string of the molecule is Nc1ccnc2c1ncn2C1OC2COP(O)(=S)OC3C(CNS(=O)(=O)OC2C1F)OC(n1cnc2c(N)ncnc21)C3F. The number of nitrogens with zero attached hydrogens (tertiary/aromatic N) is 7. The van der Waals surface area contributed by atoms with E-state index in [0.717, 1.165) is 6.33 Å². The first kappa shape index (κ1) is 29.6. The number of nitrogen functional groups attached to an aromatic ring is 2. The number of halogens is 2. The fourth-order valence-electron chi connectivity index (χ4n) is 5.29. The number of hydrogen-bond donors (Lipinski definition) is 4. The van der Waals surface area contributed by atoms with E-state index in [1.54, 1.807) is 0 Å². The van der Waals surface area contributed by atoms with E-state index in [9.17, 15) is 13.3 Å². The van der Waals surface area contributed by atoms with Crippen molar-refractivity contribution in [2.45, 2.75) is 49.2 Å². The highest BCUT2D eigenvalue weighted by Crippen LogP contribution is 2.51. The van der Waals surface area contributed by atoms with Crippen LogP contribution in [-0.2, 0) is 44.8 Å². The monoisotopic (exact) mass is 676 g/mol. The largest absolute Gasteiger partial charge is 0.397 e. The molecule has 3 aliphatic rings. The first-order valence-electron chi connectivity index (χ1n) is 12.8. The van der Waals surface area contributed by atoms with E-state index in [0.29, 0.717) is 0 Å². The van der Waals surface area contributed by atoms with Gasteiger partial charge in [-0.1, -0.05) is 0 Å². The highest BCUT2D eigenvalue weighted by Gasteiger charge is 2.53. The predicted octanol–water partition coefficient (Wildman–Crippen LogP) is -0.242. The van der Waals surface area contributed by atoms with Crippen LogP contribution in [0.5, 0.6) is 0 Å². The maximum atomic E-state index is 15.9. The molecule has 3 saturated heterocycles. The molecule has 44 heavy (non-hydrogen) atoms. The number of nitrogens with one attached hydrogen (secondary N) is 1. The fraction of sp³-hybridized carbons (Fsp3) is 0.476. The second-order valence-corrected chi connectivity index (χ2v) is 14.2. The number of fused-ring (bicyclic) bond motifs is 4. The first-order chi connectivity index (χ1) is 20.9. The summed E-state index contributed by atoms with van der Waals surface area (Å²) in [5.74, 6) is 0.0388. The van der Waals surface area contributed by atoms with Crippen LogP contribution in [0.15, 0.2) is 31.2 Å². The summed E-state index contributed by atoms with van der Waals surface area (Å²) >= 11 is 5.13. The van der Waals surface area contributed by atoms with Crippen LogP contribution in [-0.4, -0.2) is 97.3 Å². The molecular weight excluding hydrogens is 653 g/mol. The van der Waals surface area contributed by atoms with Crippen molar-refractivity contribution in [3.63, 3.8) is 0 Å². The van der Waals surface area contributed by atoms with Gasteiger partial charge in [0.05, 0.1) is 24.9 Å². The lowest BCUT2D eigenvalue weighted by Crippen LogP contribution is -2.45. The molecule has 9 atom stereocenters. The van der Waals surface area contributed by atoms with Crippen molar-refractivity contribution in [1.82, 2.24) is 38.8 Å². The van der Waals surface area contributed by atoms with Crippen molar-refractivity contribution in [3.05, 3.63) is 31.2 Å². The van der Waals surface area contributed by atoms with E-state index in [4.69, 9.17) is 46.0 Å². The van der Waals surface area contributed by atoms with Gasteiger partial charge in [0.2, 0.25) is 0 Å². The van der Waals surface area contributed by atoms with Crippen molar-refractivity contribution in [1.29, 1.82) is 0 Å². The highest BCUT2D eigenvalue weighted by molar-refractivity contribution is 8.07. The minimum Gasteiger partial charge on any atom is -0.397 e.